The van der Waals surface area contributed by atoms with Crippen LogP contribution in [0.1, 0.15) is 50.0 Å². The average Bonchev–Trinajstić information content (AvgIpc) is 3.05. The molecule has 1 fully saturated rings. The molecule has 22 heavy (non-hydrogen) atoms. The maximum Gasteiger partial charge on any atom is 0.259 e. The lowest BCUT2D eigenvalue weighted by Gasteiger charge is -2.18. The summed E-state index contributed by atoms with van der Waals surface area (Å²) in [6.07, 6.45) is 3.64. The van der Waals surface area contributed by atoms with Gasteiger partial charge in [0.25, 0.3) is 5.89 Å². The summed E-state index contributed by atoms with van der Waals surface area (Å²) in [6, 6.07) is 1.91. The molecule has 0 bridgehead atoms. The normalized spacial score (nSPS) is 16.2. The third-order valence-electron chi connectivity index (χ3n) is 3.92. The summed E-state index contributed by atoms with van der Waals surface area (Å²) in [6.45, 7) is 5.68. The Morgan fingerprint density at radius 3 is 2.73 bits per heavy atom. The van der Waals surface area contributed by atoms with Crippen LogP contribution in [0, 0.1) is 0 Å². The van der Waals surface area contributed by atoms with Crippen molar-refractivity contribution in [3.63, 3.8) is 0 Å². The highest BCUT2D eigenvalue weighted by Gasteiger charge is 2.22. The first-order valence-electron chi connectivity index (χ1n) is 7.64. The Bertz CT molecular complexity index is 633. The van der Waals surface area contributed by atoms with Crippen LogP contribution >= 0.6 is 0 Å². The maximum atomic E-state index is 5.42. The molecule has 6 heteroatoms. The first-order valence-corrected chi connectivity index (χ1v) is 7.64. The fourth-order valence-corrected chi connectivity index (χ4v) is 2.64. The summed E-state index contributed by atoms with van der Waals surface area (Å²) in [7, 11) is 1.65. The van der Waals surface area contributed by atoms with Gasteiger partial charge in [0.2, 0.25) is 0 Å². The molecular formula is C16H21N3O3. The van der Waals surface area contributed by atoms with Crippen LogP contribution in [0.15, 0.2) is 16.8 Å². The van der Waals surface area contributed by atoms with Gasteiger partial charge in [0.05, 0.1) is 18.4 Å². The van der Waals surface area contributed by atoms with E-state index < -0.39 is 0 Å². The van der Waals surface area contributed by atoms with E-state index in [1.165, 1.54) is 0 Å². The minimum absolute atomic E-state index is 0.296. The van der Waals surface area contributed by atoms with Crippen LogP contribution in [-0.4, -0.2) is 35.4 Å². The molecule has 1 aliphatic heterocycles. The molecule has 3 rings (SSSR count). The Morgan fingerprint density at radius 2 is 2.05 bits per heavy atom. The number of ether oxygens (including phenoxy) is 2. The predicted molar refractivity (Wildman–Crippen MR) is 81.0 cm³/mol. The second-order valence-electron chi connectivity index (χ2n) is 5.81. The minimum Gasteiger partial charge on any atom is -0.495 e. The number of pyridine rings is 1. The van der Waals surface area contributed by atoms with E-state index in [1.54, 1.807) is 13.3 Å². The van der Waals surface area contributed by atoms with Crippen LogP contribution in [0.5, 0.6) is 5.75 Å². The SMILES string of the molecule is COc1cc(-c2nc(C3CCOCC3)no2)cnc1C(C)C. The van der Waals surface area contributed by atoms with Crippen LogP contribution in [-0.2, 0) is 4.74 Å². The monoisotopic (exact) mass is 303 g/mol. The van der Waals surface area contributed by atoms with Crippen LogP contribution in [0.25, 0.3) is 11.5 Å². The maximum absolute atomic E-state index is 5.42. The van der Waals surface area contributed by atoms with E-state index in [9.17, 15) is 0 Å². The number of aromatic nitrogens is 3. The van der Waals surface area contributed by atoms with Crippen molar-refractivity contribution in [3.8, 4) is 17.2 Å². The number of hydrogen-bond donors (Lipinski definition) is 0. The van der Waals surface area contributed by atoms with Gasteiger partial charge in [-0.3, -0.25) is 4.98 Å². The third kappa shape index (κ3) is 2.97. The quantitative estimate of drug-likeness (QED) is 0.864. The largest absolute Gasteiger partial charge is 0.495 e. The third-order valence-corrected chi connectivity index (χ3v) is 3.92. The molecule has 6 nitrogen and oxygen atoms in total. The number of rotatable bonds is 4. The second-order valence-corrected chi connectivity index (χ2v) is 5.81. The Balaban J connectivity index is 1.86. The second kappa shape index (κ2) is 6.44. The lowest BCUT2D eigenvalue weighted by molar-refractivity contribution is 0.0830. The van der Waals surface area contributed by atoms with E-state index in [0.717, 1.165) is 48.9 Å². The molecule has 0 aromatic carbocycles. The molecule has 0 radical (unpaired) electrons. The van der Waals surface area contributed by atoms with Gasteiger partial charge < -0.3 is 14.0 Å². The highest BCUT2D eigenvalue weighted by molar-refractivity contribution is 5.55. The molecule has 0 saturated carbocycles. The fraction of sp³-hybridized carbons (Fsp3) is 0.562. The molecule has 0 amide bonds. The Morgan fingerprint density at radius 1 is 1.27 bits per heavy atom. The molecule has 1 saturated heterocycles. The molecule has 2 aromatic rings. The van der Waals surface area contributed by atoms with E-state index >= 15 is 0 Å². The number of nitrogens with zero attached hydrogens (tertiary/aromatic N) is 3. The Hall–Kier alpha value is -1.95. The van der Waals surface area contributed by atoms with Crippen LogP contribution in [0.3, 0.4) is 0 Å². The van der Waals surface area contributed by atoms with Gasteiger partial charge in [-0.15, -0.1) is 0 Å². The van der Waals surface area contributed by atoms with E-state index in [1.807, 2.05) is 6.07 Å². The topological polar surface area (TPSA) is 70.3 Å². The predicted octanol–water partition coefficient (Wildman–Crippen LogP) is 3.16. The zero-order valence-corrected chi connectivity index (χ0v) is 13.2. The van der Waals surface area contributed by atoms with Gasteiger partial charge in [-0.2, -0.15) is 4.98 Å². The van der Waals surface area contributed by atoms with Gasteiger partial charge in [-0.05, 0) is 24.8 Å². The van der Waals surface area contributed by atoms with Crippen molar-refractivity contribution in [3.05, 3.63) is 23.8 Å². The summed E-state index contributed by atoms with van der Waals surface area (Å²) >= 11 is 0. The fourth-order valence-electron chi connectivity index (χ4n) is 2.64. The van der Waals surface area contributed by atoms with Crippen LogP contribution in [0.4, 0.5) is 0 Å². The number of hydrogen-bond acceptors (Lipinski definition) is 6. The first-order chi connectivity index (χ1) is 10.7. The highest BCUT2D eigenvalue weighted by atomic mass is 16.5. The smallest absolute Gasteiger partial charge is 0.259 e. The number of methoxy groups -OCH3 is 1. The standard InChI is InChI=1S/C16H21N3O3/c1-10(2)14-13(20-3)8-12(9-17-14)16-18-15(19-22-16)11-4-6-21-7-5-11/h8-11H,4-7H2,1-3H3. The van der Waals surface area contributed by atoms with E-state index in [-0.39, 0.29) is 0 Å². The molecule has 2 aromatic heterocycles. The molecule has 0 N–H and O–H groups in total. The van der Waals surface area contributed by atoms with Crippen molar-refractivity contribution in [2.45, 2.75) is 38.5 Å². The van der Waals surface area contributed by atoms with Gasteiger partial charge in [-0.25, -0.2) is 0 Å². The van der Waals surface area contributed by atoms with Crippen molar-refractivity contribution in [1.82, 2.24) is 15.1 Å². The molecule has 0 unspecified atom stereocenters. The minimum atomic E-state index is 0.296. The molecular weight excluding hydrogens is 282 g/mol. The molecule has 1 aliphatic rings. The lowest BCUT2D eigenvalue weighted by atomic mass is 10.00. The highest BCUT2D eigenvalue weighted by Crippen LogP contribution is 2.30. The summed E-state index contributed by atoms with van der Waals surface area (Å²) in [5.74, 6) is 2.60. The van der Waals surface area contributed by atoms with E-state index in [0.29, 0.717) is 17.7 Å². The molecule has 3 heterocycles. The molecule has 0 atom stereocenters. The van der Waals surface area contributed by atoms with Gasteiger partial charge in [0.1, 0.15) is 5.75 Å². The van der Waals surface area contributed by atoms with E-state index in [2.05, 4.69) is 29.0 Å². The zero-order chi connectivity index (χ0) is 15.5. The van der Waals surface area contributed by atoms with Crippen molar-refractivity contribution < 1.29 is 14.0 Å². The summed E-state index contributed by atoms with van der Waals surface area (Å²) in [4.78, 5) is 9.00. The molecule has 0 spiro atoms. The van der Waals surface area contributed by atoms with Gasteiger partial charge in [0.15, 0.2) is 5.82 Å². The van der Waals surface area contributed by atoms with Crippen LogP contribution < -0.4 is 4.74 Å². The zero-order valence-electron chi connectivity index (χ0n) is 13.2. The van der Waals surface area contributed by atoms with Crippen molar-refractivity contribution in [2.24, 2.45) is 0 Å². The summed E-state index contributed by atoms with van der Waals surface area (Å²) in [5.41, 5.74) is 1.71. The molecule has 0 aliphatic carbocycles. The van der Waals surface area contributed by atoms with Crippen molar-refractivity contribution in [1.29, 1.82) is 0 Å². The average molecular weight is 303 g/mol. The van der Waals surface area contributed by atoms with Gasteiger partial charge in [0, 0.05) is 25.3 Å². The van der Waals surface area contributed by atoms with Crippen LogP contribution in [0.2, 0.25) is 0 Å². The van der Waals surface area contributed by atoms with Gasteiger partial charge in [-0.1, -0.05) is 19.0 Å². The first kappa shape index (κ1) is 15.0. The van der Waals surface area contributed by atoms with E-state index in [4.69, 9.17) is 14.0 Å². The molecule has 118 valence electrons. The lowest BCUT2D eigenvalue weighted by Crippen LogP contribution is -2.15. The Kier molecular flexibility index (Phi) is 4.38. The summed E-state index contributed by atoms with van der Waals surface area (Å²) < 4.78 is 16.2. The summed E-state index contributed by atoms with van der Waals surface area (Å²) in [5, 5.41) is 4.12. The Labute approximate surface area is 129 Å². The van der Waals surface area contributed by atoms with Crippen molar-refractivity contribution in [2.75, 3.05) is 20.3 Å². The van der Waals surface area contributed by atoms with Gasteiger partial charge >= 0.3 is 0 Å². The van der Waals surface area contributed by atoms with Crippen molar-refractivity contribution >= 4 is 0 Å².